The van der Waals surface area contributed by atoms with Gasteiger partial charge in [0.1, 0.15) is 0 Å². The molecule has 2 heterocycles. The van der Waals surface area contributed by atoms with Gasteiger partial charge < -0.3 is 10.2 Å². The lowest BCUT2D eigenvalue weighted by atomic mass is 10.1. The quantitative estimate of drug-likeness (QED) is 0.832. The molecule has 4 heteroatoms. The maximum Gasteiger partial charge on any atom is 0.151 e. The second kappa shape index (κ2) is 5.25. The van der Waals surface area contributed by atoms with E-state index in [0.717, 1.165) is 31.0 Å². The van der Waals surface area contributed by atoms with Crippen molar-refractivity contribution in [2.45, 2.75) is 32.2 Å². The normalized spacial score (nSPS) is 17.4. The highest BCUT2D eigenvalue weighted by Gasteiger charge is 2.18. The van der Waals surface area contributed by atoms with Gasteiger partial charge in [-0.2, -0.15) is 5.10 Å². The van der Waals surface area contributed by atoms with Crippen molar-refractivity contribution in [3.8, 4) is 0 Å². The molecule has 0 radical (unpaired) electrons. The molecule has 1 aliphatic heterocycles. The summed E-state index contributed by atoms with van der Waals surface area (Å²) >= 11 is 0. The first-order valence-electron chi connectivity index (χ1n) is 6.07. The van der Waals surface area contributed by atoms with Crippen LogP contribution in [0.2, 0.25) is 0 Å². The van der Waals surface area contributed by atoms with Crippen molar-refractivity contribution in [1.29, 1.82) is 0 Å². The summed E-state index contributed by atoms with van der Waals surface area (Å²) in [5.74, 6) is 0.990. The fourth-order valence-electron chi connectivity index (χ4n) is 2.11. The first kappa shape index (κ1) is 11.3. The van der Waals surface area contributed by atoms with E-state index in [9.17, 15) is 0 Å². The second-order valence-electron chi connectivity index (χ2n) is 4.33. The van der Waals surface area contributed by atoms with Crippen molar-refractivity contribution in [2.75, 3.05) is 25.0 Å². The molecule has 16 heavy (non-hydrogen) atoms. The minimum absolute atomic E-state index is 0.600. The van der Waals surface area contributed by atoms with Crippen LogP contribution in [0.4, 0.5) is 5.82 Å². The Hall–Kier alpha value is -1.16. The summed E-state index contributed by atoms with van der Waals surface area (Å²) in [6.45, 7) is 4.31. The Morgan fingerprint density at radius 1 is 1.31 bits per heavy atom. The highest BCUT2D eigenvalue weighted by Crippen LogP contribution is 2.16. The lowest BCUT2D eigenvalue weighted by molar-refractivity contribution is 0.441. The number of aromatic nitrogens is 2. The van der Waals surface area contributed by atoms with Crippen LogP contribution in [-0.4, -0.2) is 36.4 Å². The minimum atomic E-state index is 0.600. The van der Waals surface area contributed by atoms with E-state index in [1.165, 1.54) is 12.8 Å². The molecule has 1 N–H and O–H groups in total. The van der Waals surface area contributed by atoms with Crippen LogP contribution >= 0.6 is 0 Å². The van der Waals surface area contributed by atoms with E-state index in [2.05, 4.69) is 46.5 Å². The SMILES string of the molecule is CCc1ccc(N(C)C2CCNCC2)nn1. The third kappa shape index (κ3) is 2.50. The zero-order valence-corrected chi connectivity index (χ0v) is 10.1. The highest BCUT2D eigenvalue weighted by molar-refractivity contribution is 5.37. The lowest BCUT2D eigenvalue weighted by Crippen LogP contribution is -2.41. The molecule has 0 amide bonds. The molecular weight excluding hydrogens is 200 g/mol. The van der Waals surface area contributed by atoms with Gasteiger partial charge in [0.25, 0.3) is 0 Å². The first-order valence-corrected chi connectivity index (χ1v) is 6.07. The van der Waals surface area contributed by atoms with E-state index in [1.54, 1.807) is 0 Å². The van der Waals surface area contributed by atoms with Crippen molar-refractivity contribution < 1.29 is 0 Å². The van der Waals surface area contributed by atoms with Crippen molar-refractivity contribution in [1.82, 2.24) is 15.5 Å². The van der Waals surface area contributed by atoms with Crippen LogP contribution in [0.3, 0.4) is 0 Å². The van der Waals surface area contributed by atoms with Crippen LogP contribution in [0.1, 0.15) is 25.5 Å². The Kier molecular flexibility index (Phi) is 3.72. The molecule has 1 saturated heterocycles. The van der Waals surface area contributed by atoms with E-state index in [0.29, 0.717) is 6.04 Å². The average molecular weight is 220 g/mol. The summed E-state index contributed by atoms with van der Waals surface area (Å²) in [4.78, 5) is 2.26. The molecular formula is C12H20N4. The Bertz CT molecular complexity index is 316. The summed E-state index contributed by atoms with van der Waals surface area (Å²) in [6.07, 6.45) is 3.33. The van der Waals surface area contributed by atoms with Crippen molar-refractivity contribution in [3.05, 3.63) is 17.8 Å². The van der Waals surface area contributed by atoms with Gasteiger partial charge in [-0.25, -0.2) is 0 Å². The van der Waals surface area contributed by atoms with Crippen LogP contribution in [0.25, 0.3) is 0 Å². The van der Waals surface area contributed by atoms with Gasteiger partial charge in [-0.05, 0) is 44.5 Å². The molecule has 1 aromatic heterocycles. The van der Waals surface area contributed by atoms with E-state index < -0.39 is 0 Å². The van der Waals surface area contributed by atoms with Gasteiger partial charge >= 0.3 is 0 Å². The van der Waals surface area contributed by atoms with Crippen LogP contribution in [0.15, 0.2) is 12.1 Å². The monoisotopic (exact) mass is 220 g/mol. The third-order valence-corrected chi connectivity index (χ3v) is 3.29. The predicted octanol–water partition coefficient (Wildman–Crippen LogP) is 1.23. The maximum absolute atomic E-state index is 4.28. The van der Waals surface area contributed by atoms with Crippen LogP contribution < -0.4 is 10.2 Å². The molecule has 1 aliphatic rings. The van der Waals surface area contributed by atoms with Crippen LogP contribution in [0, 0.1) is 0 Å². The number of hydrogen-bond donors (Lipinski definition) is 1. The molecule has 1 aromatic rings. The standard InChI is InChI=1S/C12H20N4/c1-3-10-4-5-12(15-14-10)16(2)11-6-8-13-9-7-11/h4-5,11,13H,3,6-9H2,1-2H3. The van der Waals surface area contributed by atoms with Crippen LogP contribution in [0.5, 0.6) is 0 Å². The van der Waals surface area contributed by atoms with Gasteiger partial charge in [0.05, 0.1) is 5.69 Å². The highest BCUT2D eigenvalue weighted by atomic mass is 15.3. The molecule has 88 valence electrons. The summed E-state index contributed by atoms with van der Waals surface area (Å²) in [5, 5.41) is 11.9. The zero-order chi connectivity index (χ0) is 11.4. The van der Waals surface area contributed by atoms with Gasteiger partial charge in [0.15, 0.2) is 5.82 Å². The number of hydrogen-bond acceptors (Lipinski definition) is 4. The van der Waals surface area contributed by atoms with Gasteiger partial charge in [-0.3, -0.25) is 0 Å². The second-order valence-corrected chi connectivity index (χ2v) is 4.33. The summed E-state index contributed by atoms with van der Waals surface area (Å²) in [6, 6.07) is 4.75. The largest absolute Gasteiger partial charge is 0.355 e. The van der Waals surface area contributed by atoms with E-state index in [-0.39, 0.29) is 0 Å². The predicted molar refractivity (Wildman–Crippen MR) is 65.7 cm³/mol. The van der Waals surface area contributed by atoms with Gasteiger partial charge in [-0.1, -0.05) is 6.92 Å². The molecule has 0 aromatic carbocycles. The Labute approximate surface area is 97.1 Å². The Balaban J connectivity index is 2.04. The molecule has 0 aliphatic carbocycles. The van der Waals surface area contributed by atoms with Crippen molar-refractivity contribution in [2.24, 2.45) is 0 Å². The number of nitrogens with one attached hydrogen (secondary N) is 1. The maximum atomic E-state index is 4.28. The summed E-state index contributed by atoms with van der Waals surface area (Å²) < 4.78 is 0. The fraction of sp³-hybridized carbons (Fsp3) is 0.667. The van der Waals surface area contributed by atoms with E-state index >= 15 is 0 Å². The van der Waals surface area contributed by atoms with E-state index in [1.807, 2.05) is 0 Å². The third-order valence-electron chi connectivity index (χ3n) is 3.29. The number of piperidine rings is 1. The average Bonchev–Trinajstić information content (AvgIpc) is 2.39. The van der Waals surface area contributed by atoms with Gasteiger partial charge in [-0.15, -0.1) is 5.10 Å². The number of rotatable bonds is 3. The van der Waals surface area contributed by atoms with Gasteiger partial charge in [0.2, 0.25) is 0 Å². The number of aryl methyl sites for hydroxylation is 1. The summed E-state index contributed by atoms with van der Waals surface area (Å²) in [7, 11) is 2.12. The van der Waals surface area contributed by atoms with Gasteiger partial charge in [0, 0.05) is 13.1 Å². The molecule has 0 saturated carbocycles. The van der Waals surface area contributed by atoms with Crippen molar-refractivity contribution >= 4 is 5.82 Å². The lowest BCUT2D eigenvalue weighted by Gasteiger charge is -2.32. The molecule has 1 fully saturated rings. The van der Waals surface area contributed by atoms with E-state index in [4.69, 9.17) is 0 Å². The summed E-state index contributed by atoms with van der Waals surface area (Å²) in [5.41, 5.74) is 1.06. The molecule has 4 nitrogen and oxygen atoms in total. The number of nitrogens with zero attached hydrogens (tertiary/aromatic N) is 3. The topological polar surface area (TPSA) is 41.0 Å². The molecule has 0 unspecified atom stereocenters. The molecule has 0 spiro atoms. The van der Waals surface area contributed by atoms with Crippen LogP contribution in [-0.2, 0) is 6.42 Å². The Morgan fingerprint density at radius 3 is 2.62 bits per heavy atom. The Morgan fingerprint density at radius 2 is 2.06 bits per heavy atom. The minimum Gasteiger partial charge on any atom is -0.355 e. The smallest absolute Gasteiger partial charge is 0.151 e. The number of anilines is 1. The first-order chi connectivity index (χ1) is 7.81. The zero-order valence-electron chi connectivity index (χ0n) is 10.1. The molecule has 0 atom stereocenters. The molecule has 2 rings (SSSR count). The van der Waals surface area contributed by atoms with Crippen molar-refractivity contribution in [3.63, 3.8) is 0 Å². The fourth-order valence-corrected chi connectivity index (χ4v) is 2.11. The molecule has 0 bridgehead atoms.